The van der Waals surface area contributed by atoms with Crippen LogP contribution in [0.15, 0.2) is 18.2 Å². The molecule has 0 radical (unpaired) electrons. The van der Waals surface area contributed by atoms with Crippen LogP contribution < -0.4 is 10.5 Å². The minimum atomic E-state index is -0.363. The maximum absolute atomic E-state index is 13.5. The van der Waals surface area contributed by atoms with Crippen molar-refractivity contribution in [2.45, 2.75) is 11.3 Å². The van der Waals surface area contributed by atoms with Gasteiger partial charge in [0.1, 0.15) is 0 Å². The van der Waals surface area contributed by atoms with Gasteiger partial charge < -0.3 is 15.2 Å². The second-order valence-corrected chi connectivity index (χ2v) is 5.33. The number of ether oxygens (including phenoxy) is 2. The van der Waals surface area contributed by atoms with Crippen molar-refractivity contribution in [3.05, 3.63) is 29.6 Å². The molecule has 94 valence electrons. The largest absolute Gasteiger partial charge is 0.494 e. The number of halogens is 1. The summed E-state index contributed by atoms with van der Waals surface area (Å²) in [5, 5.41) is 0.546. The van der Waals surface area contributed by atoms with Crippen LogP contribution in [0.4, 0.5) is 4.39 Å². The quantitative estimate of drug-likeness (QED) is 0.876. The van der Waals surface area contributed by atoms with Gasteiger partial charge in [0.15, 0.2) is 11.6 Å². The molecule has 1 aromatic carbocycles. The first-order valence-electron chi connectivity index (χ1n) is 5.49. The van der Waals surface area contributed by atoms with E-state index in [1.165, 1.54) is 13.2 Å². The number of hydrogen-bond acceptors (Lipinski definition) is 4. The van der Waals surface area contributed by atoms with Gasteiger partial charge in [-0.15, -0.1) is 0 Å². The van der Waals surface area contributed by atoms with E-state index in [9.17, 15) is 4.39 Å². The molecule has 1 fully saturated rings. The fourth-order valence-electron chi connectivity index (χ4n) is 1.56. The van der Waals surface area contributed by atoms with Gasteiger partial charge in [-0.2, -0.15) is 11.8 Å². The highest BCUT2D eigenvalue weighted by molar-refractivity contribution is 8.00. The lowest BCUT2D eigenvalue weighted by Crippen LogP contribution is -2.31. The number of nitrogens with two attached hydrogens (primary N) is 1. The van der Waals surface area contributed by atoms with Gasteiger partial charge in [-0.25, -0.2) is 4.39 Å². The predicted octanol–water partition coefficient (Wildman–Crippen LogP) is 1.97. The zero-order chi connectivity index (χ0) is 12.3. The van der Waals surface area contributed by atoms with E-state index in [0.717, 1.165) is 24.5 Å². The smallest absolute Gasteiger partial charge is 0.165 e. The standard InChI is InChI=1S/C12H16FNO2S/c1-15-12-3-2-8(4-10(12)13)11(14)7-17-9-5-16-6-9/h2-4,9,11H,5-7,14H2,1H3. The molecule has 0 saturated carbocycles. The van der Waals surface area contributed by atoms with Crippen molar-refractivity contribution in [1.29, 1.82) is 0 Å². The first kappa shape index (κ1) is 12.7. The lowest BCUT2D eigenvalue weighted by molar-refractivity contribution is 0.0455. The summed E-state index contributed by atoms with van der Waals surface area (Å²) in [6.07, 6.45) is 0. The minimum absolute atomic E-state index is 0.152. The molecular formula is C12H16FNO2S. The van der Waals surface area contributed by atoms with Gasteiger partial charge in [-0.05, 0) is 17.7 Å². The molecule has 0 aliphatic carbocycles. The Hall–Kier alpha value is -0.780. The van der Waals surface area contributed by atoms with Crippen LogP contribution in [0.3, 0.4) is 0 Å². The molecule has 3 nitrogen and oxygen atoms in total. The molecule has 1 saturated heterocycles. The van der Waals surface area contributed by atoms with Crippen LogP contribution in [0.1, 0.15) is 11.6 Å². The van der Waals surface area contributed by atoms with Crippen molar-refractivity contribution in [3.63, 3.8) is 0 Å². The summed E-state index contributed by atoms with van der Waals surface area (Å²) in [4.78, 5) is 0. The zero-order valence-electron chi connectivity index (χ0n) is 9.69. The highest BCUT2D eigenvalue weighted by Gasteiger charge is 2.20. The molecule has 2 N–H and O–H groups in total. The second-order valence-electron chi connectivity index (χ2n) is 3.99. The summed E-state index contributed by atoms with van der Waals surface area (Å²) < 4.78 is 23.4. The van der Waals surface area contributed by atoms with Crippen LogP contribution in [0.25, 0.3) is 0 Å². The zero-order valence-corrected chi connectivity index (χ0v) is 10.5. The molecule has 1 atom stereocenters. The highest BCUT2D eigenvalue weighted by atomic mass is 32.2. The van der Waals surface area contributed by atoms with E-state index in [2.05, 4.69) is 0 Å². The molecule has 1 aromatic rings. The summed E-state index contributed by atoms with van der Waals surface area (Å²) in [7, 11) is 1.45. The molecule has 1 heterocycles. The Morgan fingerprint density at radius 1 is 1.59 bits per heavy atom. The van der Waals surface area contributed by atoms with E-state index in [1.54, 1.807) is 17.8 Å². The van der Waals surface area contributed by atoms with E-state index in [0.29, 0.717) is 5.25 Å². The van der Waals surface area contributed by atoms with E-state index in [1.807, 2.05) is 6.07 Å². The number of thioether (sulfide) groups is 1. The van der Waals surface area contributed by atoms with Crippen molar-refractivity contribution >= 4 is 11.8 Å². The fraction of sp³-hybridized carbons (Fsp3) is 0.500. The molecule has 1 aliphatic heterocycles. The van der Waals surface area contributed by atoms with Gasteiger partial charge in [0.25, 0.3) is 0 Å². The van der Waals surface area contributed by atoms with E-state index in [4.69, 9.17) is 15.2 Å². The highest BCUT2D eigenvalue weighted by Crippen LogP contribution is 2.26. The maximum Gasteiger partial charge on any atom is 0.165 e. The van der Waals surface area contributed by atoms with Crippen molar-refractivity contribution in [3.8, 4) is 5.75 Å². The average Bonchev–Trinajstić information content (AvgIpc) is 2.26. The van der Waals surface area contributed by atoms with E-state index < -0.39 is 0 Å². The third kappa shape index (κ3) is 3.12. The molecule has 2 rings (SSSR count). The summed E-state index contributed by atoms with van der Waals surface area (Å²) in [6.45, 7) is 1.60. The topological polar surface area (TPSA) is 44.5 Å². The molecule has 1 aliphatic rings. The maximum atomic E-state index is 13.5. The Morgan fingerprint density at radius 2 is 2.35 bits per heavy atom. The monoisotopic (exact) mass is 257 g/mol. The van der Waals surface area contributed by atoms with Gasteiger partial charge in [0.05, 0.1) is 25.6 Å². The number of benzene rings is 1. The third-order valence-corrected chi connectivity index (χ3v) is 4.02. The molecule has 0 spiro atoms. The Bertz CT molecular complexity index is 385. The summed E-state index contributed by atoms with van der Waals surface area (Å²) >= 11 is 1.78. The Morgan fingerprint density at radius 3 is 2.88 bits per heavy atom. The SMILES string of the molecule is COc1ccc(C(N)CSC2COC2)cc1F. The Balaban J connectivity index is 1.93. The van der Waals surface area contributed by atoms with Gasteiger partial charge >= 0.3 is 0 Å². The summed E-state index contributed by atoms with van der Waals surface area (Å²) in [5.74, 6) is 0.665. The van der Waals surface area contributed by atoms with Gasteiger partial charge in [-0.1, -0.05) is 6.07 Å². The van der Waals surface area contributed by atoms with Gasteiger partial charge in [0.2, 0.25) is 0 Å². The minimum Gasteiger partial charge on any atom is -0.494 e. The van der Waals surface area contributed by atoms with Crippen LogP contribution in [0, 0.1) is 5.82 Å². The number of rotatable bonds is 5. The van der Waals surface area contributed by atoms with Crippen LogP contribution in [0.2, 0.25) is 0 Å². The average molecular weight is 257 g/mol. The molecule has 1 unspecified atom stereocenters. The van der Waals surface area contributed by atoms with Gasteiger partial charge in [-0.3, -0.25) is 0 Å². The first-order valence-corrected chi connectivity index (χ1v) is 6.54. The van der Waals surface area contributed by atoms with E-state index in [-0.39, 0.29) is 17.6 Å². The molecule has 17 heavy (non-hydrogen) atoms. The number of methoxy groups -OCH3 is 1. The molecule has 0 amide bonds. The Kier molecular flexibility index (Phi) is 4.25. The van der Waals surface area contributed by atoms with Crippen molar-refractivity contribution in [1.82, 2.24) is 0 Å². The fourth-order valence-corrected chi connectivity index (χ4v) is 2.62. The molecule has 5 heteroatoms. The van der Waals surface area contributed by atoms with E-state index >= 15 is 0 Å². The predicted molar refractivity (Wildman–Crippen MR) is 66.9 cm³/mol. The summed E-state index contributed by atoms with van der Waals surface area (Å²) in [6, 6.07) is 4.72. The van der Waals surface area contributed by atoms with Crippen LogP contribution in [-0.2, 0) is 4.74 Å². The lowest BCUT2D eigenvalue weighted by Gasteiger charge is -2.26. The second kappa shape index (κ2) is 5.71. The lowest BCUT2D eigenvalue weighted by atomic mass is 10.1. The third-order valence-electron chi connectivity index (χ3n) is 2.72. The van der Waals surface area contributed by atoms with Crippen LogP contribution in [0.5, 0.6) is 5.75 Å². The van der Waals surface area contributed by atoms with Crippen molar-refractivity contribution in [2.24, 2.45) is 5.73 Å². The molecular weight excluding hydrogens is 241 g/mol. The van der Waals surface area contributed by atoms with Crippen molar-refractivity contribution < 1.29 is 13.9 Å². The first-order chi connectivity index (χ1) is 8.20. The summed E-state index contributed by atoms with van der Waals surface area (Å²) in [5.41, 5.74) is 6.82. The van der Waals surface area contributed by atoms with Crippen LogP contribution in [-0.4, -0.2) is 31.3 Å². The normalized spacial score (nSPS) is 17.6. The Labute approximate surface area is 104 Å². The molecule has 0 bridgehead atoms. The van der Waals surface area contributed by atoms with Gasteiger partial charge in [0, 0.05) is 11.8 Å². The molecule has 0 aromatic heterocycles. The van der Waals surface area contributed by atoms with Crippen LogP contribution >= 0.6 is 11.8 Å². The number of hydrogen-bond donors (Lipinski definition) is 1. The van der Waals surface area contributed by atoms with Crippen molar-refractivity contribution in [2.75, 3.05) is 26.1 Å².